The molecule has 556 valence electrons. The molecule has 0 spiro atoms. The van der Waals surface area contributed by atoms with E-state index in [4.69, 9.17) is 48.2 Å². The summed E-state index contributed by atoms with van der Waals surface area (Å²) in [5.41, 5.74) is 16.4. The van der Waals surface area contributed by atoms with Crippen molar-refractivity contribution in [1.29, 1.82) is 0 Å². The fraction of sp³-hybridized carbons (Fsp3) is 0.0816. The molecule has 17 heteroatoms. The van der Waals surface area contributed by atoms with Crippen LogP contribution in [0.5, 0.6) is 11.5 Å². The number of nitrogens with zero attached hydrogens (tertiary/aromatic N) is 9. The van der Waals surface area contributed by atoms with Crippen molar-refractivity contribution in [1.82, 2.24) is 39.0 Å². The largest absolute Gasteiger partial charge is 0.464 e. The van der Waals surface area contributed by atoms with Crippen LogP contribution < -0.4 is 30.1 Å². The molecule has 14 aromatic carbocycles. The van der Waals surface area contributed by atoms with Crippen LogP contribution in [-0.2, 0) is 0 Å². The number of benzene rings is 14. The summed E-state index contributed by atoms with van der Waals surface area (Å²) in [5, 5.41) is 14.5. The maximum absolute atomic E-state index is 6.79. The molecule has 0 saturated heterocycles. The first-order chi connectivity index (χ1) is 56.2. The Hall–Kier alpha value is -13.6. The monoisotopic (exact) mass is 1590 g/mol. The quantitative estimate of drug-likeness (QED) is 0.123. The first kappa shape index (κ1) is 70.5. The van der Waals surface area contributed by atoms with Gasteiger partial charge < -0.3 is 23.6 Å². The van der Waals surface area contributed by atoms with E-state index in [9.17, 15) is 0 Å². The van der Waals surface area contributed by atoms with Crippen molar-refractivity contribution in [3.63, 3.8) is 0 Å². The second kappa shape index (κ2) is 28.6. The molecule has 2 aliphatic heterocycles. The normalized spacial score (nSPS) is 13.9. The van der Waals surface area contributed by atoms with E-state index in [0.29, 0.717) is 35.2 Å². The smallest absolute Gasteiger partial charge is 0.238 e. The van der Waals surface area contributed by atoms with Crippen molar-refractivity contribution < 1.29 is 18.3 Å². The van der Waals surface area contributed by atoms with Gasteiger partial charge in [0.1, 0.15) is 33.7 Å². The number of hydrogen-bond acceptors (Lipinski definition) is 12. The van der Waals surface area contributed by atoms with Gasteiger partial charge in [-0.25, -0.2) is 9.97 Å². The van der Waals surface area contributed by atoms with Crippen LogP contribution in [0.15, 0.2) is 341 Å². The molecule has 2 atom stereocenters. The zero-order chi connectivity index (χ0) is 77.6. The lowest BCUT2D eigenvalue weighted by Crippen LogP contribution is -2.39. The Labute approximate surface area is 673 Å². The number of hydrogen-bond donors (Lipinski definition) is 1. The van der Waals surface area contributed by atoms with Gasteiger partial charge in [0.15, 0.2) is 40.7 Å². The Morgan fingerprint density at radius 2 is 0.783 bits per heavy atom. The lowest BCUT2D eigenvalue weighted by atomic mass is 10.1. The molecule has 0 fully saturated rings. The van der Waals surface area contributed by atoms with E-state index in [-0.39, 0.29) is 12.5 Å². The Balaban J connectivity index is 0.000000129. The van der Waals surface area contributed by atoms with Crippen molar-refractivity contribution in [2.75, 3.05) is 10.2 Å². The van der Waals surface area contributed by atoms with E-state index in [0.717, 1.165) is 154 Å². The van der Waals surface area contributed by atoms with Crippen molar-refractivity contribution in [3.8, 4) is 68.9 Å². The number of nitrogens with one attached hydrogen (secondary N) is 1. The van der Waals surface area contributed by atoms with Gasteiger partial charge in [0.05, 0.1) is 38.6 Å². The molecule has 2 unspecified atom stereocenters. The van der Waals surface area contributed by atoms with Gasteiger partial charge >= 0.3 is 0 Å². The highest BCUT2D eigenvalue weighted by molar-refractivity contribution is 9.10. The number of rotatable bonds is 11. The molecule has 8 heterocycles. The molecule has 0 radical (unpaired) electrons. The predicted octanol–water partition coefficient (Wildman–Crippen LogP) is 24.7. The van der Waals surface area contributed by atoms with Crippen LogP contribution in [0, 0.1) is 0 Å². The molecule has 0 saturated carbocycles. The Kier molecular flexibility index (Phi) is 17.5. The zero-order valence-electron chi connectivity index (χ0n) is 63.9. The van der Waals surface area contributed by atoms with E-state index in [1.54, 1.807) is 0 Å². The number of aromatic nitrogens is 8. The molecular weight excluding hydrogens is 1520 g/mol. The molecule has 0 bridgehead atoms. The molecule has 2 aliphatic rings. The minimum atomic E-state index is -1.80. The van der Waals surface area contributed by atoms with E-state index >= 15 is 0 Å². The molecule has 6 aromatic heterocycles. The highest BCUT2D eigenvalue weighted by Crippen LogP contribution is 2.50. The molecule has 20 aromatic rings. The van der Waals surface area contributed by atoms with Crippen LogP contribution >= 0.6 is 15.9 Å². The van der Waals surface area contributed by atoms with Gasteiger partial charge in [-0.3, -0.25) is 14.0 Å². The number of furan rings is 2. The maximum Gasteiger partial charge on any atom is 0.238 e. The Bertz CT molecular complexity index is 7140. The van der Waals surface area contributed by atoms with Gasteiger partial charge in [-0.15, -0.1) is 0 Å². The van der Waals surface area contributed by atoms with E-state index < -0.39 is 16.1 Å². The Morgan fingerprint density at radius 3 is 1.32 bits per heavy atom. The van der Waals surface area contributed by atoms with Crippen LogP contribution in [0.3, 0.4) is 0 Å². The first-order valence-corrected chi connectivity index (χ1v) is 46.4. The lowest BCUT2D eigenvalue weighted by molar-refractivity contribution is 0.240. The topological polar surface area (TPSA) is 147 Å². The minimum absolute atomic E-state index is 0.0522. The number of fused-ring (bicyclic) bond motifs is 16. The Morgan fingerprint density at radius 1 is 0.348 bits per heavy atom. The SMILES string of the molecule is C[Si](C)(C)c1ccccc1-c1nc(-c2ccccc2)nc(-n2c3ccc(Br)cc3c3ccc4c5ccccc5oc4c32)n1.C[Si](C)(C)c1ccccc1-c1nc(-c2ccccc2)nc(-n2c3ccc(N4c5ccccc5OC4c4ccccc4)cc3c3ccc4c5ccccc5oc4c32)n1.c1ccc(C2Nc3ccccc3O2)cc1. The fourth-order valence-corrected chi connectivity index (χ4v) is 19.8. The van der Waals surface area contributed by atoms with E-state index in [1.165, 1.54) is 10.4 Å². The summed E-state index contributed by atoms with van der Waals surface area (Å²) in [6, 6.07) is 112. The highest BCUT2D eigenvalue weighted by Gasteiger charge is 2.35. The highest BCUT2D eigenvalue weighted by atomic mass is 79.9. The van der Waals surface area contributed by atoms with Gasteiger partial charge in [0.2, 0.25) is 18.1 Å². The van der Waals surface area contributed by atoms with Crippen LogP contribution in [0.25, 0.3) is 145 Å². The summed E-state index contributed by atoms with van der Waals surface area (Å²) in [6.07, 6.45) is -0.383. The second-order valence-electron chi connectivity index (χ2n) is 31.1. The van der Waals surface area contributed by atoms with Gasteiger partial charge in [0.25, 0.3) is 0 Å². The third-order valence-corrected chi connectivity index (χ3v) is 26.2. The molecule has 0 aliphatic carbocycles. The molecule has 14 nitrogen and oxygen atoms in total. The van der Waals surface area contributed by atoms with E-state index in [1.807, 2.05) is 133 Å². The van der Waals surface area contributed by atoms with Crippen molar-refractivity contribution in [2.24, 2.45) is 0 Å². The summed E-state index contributed by atoms with van der Waals surface area (Å²) in [6.45, 7) is 14.2. The average molecular weight is 1590 g/mol. The molecule has 22 rings (SSSR count). The third kappa shape index (κ3) is 12.7. The van der Waals surface area contributed by atoms with Crippen LogP contribution in [0.1, 0.15) is 23.6 Å². The summed E-state index contributed by atoms with van der Waals surface area (Å²) >= 11 is 3.70. The fourth-order valence-electron chi connectivity index (χ4n) is 16.3. The van der Waals surface area contributed by atoms with Gasteiger partial charge in [-0.2, -0.15) is 19.9 Å². The van der Waals surface area contributed by atoms with Crippen LogP contribution in [0.4, 0.5) is 17.1 Å². The van der Waals surface area contributed by atoms with Crippen molar-refractivity contribution in [2.45, 2.75) is 51.7 Å². The van der Waals surface area contributed by atoms with Gasteiger partial charge in [0, 0.05) is 86.6 Å². The second-order valence-corrected chi connectivity index (χ2v) is 42.1. The predicted molar refractivity (Wildman–Crippen MR) is 477 cm³/mol. The van der Waals surface area contributed by atoms with Gasteiger partial charge in [-0.05, 0) is 95.3 Å². The van der Waals surface area contributed by atoms with Gasteiger partial charge in [-0.1, -0.05) is 298 Å². The maximum atomic E-state index is 6.79. The number of anilines is 3. The summed E-state index contributed by atoms with van der Waals surface area (Å²) < 4.78 is 31.1. The molecular formula is C98H75BrN10O4Si2. The zero-order valence-corrected chi connectivity index (χ0v) is 67.5. The number of ether oxygens (including phenoxy) is 2. The summed E-state index contributed by atoms with van der Waals surface area (Å²) in [5.74, 6) is 5.43. The van der Waals surface area contributed by atoms with Crippen LogP contribution in [-0.4, -0.2) is 55.2 Å². The average Bonchev–Trinajstić information content (AvgIpc) is 1.55. The van der Waals surface area contributed by atoms with Crippen molar-refractivity contribution >= 4 is 147 Å². The molecule has 0 amide bonds. The summed E-state index contributed by atoms with van der Waals surface area (Å²) in [4.78, 5) is 33.6. The lowest BCUT2D eigenvalue weighted by Gasteiger charge is -2.26. The molecule has 115 heavy (non-hydrogen) atoms. The standard InChI is InChI=1S/C49H37N5O2Si.C36H27BrN4OSi.C13H11NO/c1-57(2,3)43-25-15-11-21-37(43)47-50-46(31-16-6-4-7-17-31)51-49(52-47)54-39-29-26-33(53-40-22-12-14-24-42(40)56-48(53)32-18-8-5-9-19-32)30-38(39)35-27-28-36-34-20-10-13-23-41(34)55-45(36)44(35)54;1-43(2,3)31-16-10-8-14-27(31)35-38-34(22-11-5-4-6-12-22)39-36(40-35)41-29-20-17-23(37)21-28(29)25-18-19-26-24-13-7-9-15-30(24)42-33(26)32(25)41;1-2-6-10(7-3-1)13-14-11-8-4-5-9-12(11)15-13/h4-30,48H,1-3H3;4-21H,1-3H3;1-9,13-14H. The molecule has 1 N–H and O–H groups in total. The minimum Gasteiger partial charge on any atom is -0.464 e. The van der Waals surface area contributed by atoms with E-state index in [2.05, 4.69) is 269 Å². The number of halogens is 1. The van der Waals surface area contributed by atoms with Crippen molar-refractivity contribution in [3.05, 3.63) is 343 Å². The number of para-hydroxylation sites is 6. The third-order valence-electron chi connectivity index (χ3n) is 21.6. The summed E-state index contributed by atoms with van der Waals surface area (Å²) in [7, 11) is -3.51. The first-order valence-electron chi connectivity index (χ1n) is 38.6. The van der Waals surface area contributed by atoms with Crippen LogP contribution in [0.2, 0.25) is 39.3 Å².